The molecule has 0 radical (unpaired) electrons. The van der Waals surface area contributed by atoms with E-state index in [1.807, 2.05) is 17.8 Å². The Morgan fingerprint density at radius 1 is 0.517 bits per heavy atom. The van der Waals surface area contributed by atoms with Gasteiger partial charge in [-0.25, -0.2) is 0 Å². The van der Waals surface area contributed by atoms with E-state index in [4.69, 9.17) is 0 Å². The predicted molar refractivity (Wildman–Crippen MR) is 243 cm³/mol. The molecule has 276 valence electrons. The molecule has 4 aliphatic rings. The molecule has 0 aromatic heterocycles. The molecule has 1 nitrogen and oxygen atoms in total. The maximum absolute atomic E-state index is 3.50. The third-order valence-electron chi connectivity index (χ3n) is 12.6. The minimum Gasteiger partial charge on any atom is -0.362 e. The smallest absolute Gasteiger partial charge is 0.0720 e. The zero-order valence-corrected chi connectivity index (χ0v) is 32.8. The Labute approximate surface area is 345 Å². The number of fused-ring (bicyclic) bond motifs is 9. The summed E-state index contributed by atoms with van der Waals surface area (Å²) < 4.78 is 0. The summed E-state index contributed by atoms with van der Waals surface area (Å²) in [4.78, 5) is 1.37. The molecule has 1 N–H and O–H groups in total. The fourth-order valence-electron chi connectivity index (χ4n) is 10.3. The van der Waals surface area contributed by atoms with Crippen molar-refractivity contribution in [1.82, 2.24) is 0 Å². The van der Waals surface area contributed by atoms with E-state index in [1.54, 1.807) is 0 Å². The van der Waals surface area contributed by atoms with Gasteiger partial charge in [0, 0.05) is 28.0 Å². The predicted octanol–water partition coefficient (Wildman–Crippen LogP) is 13.5. The van der Waals surface area contributed by atoms with Gasteiger partial charge in [-0.15, -0.1) is 11.8 Å². The van der Waals surface area contributed by atoms with Crippen LogP contribution in [0.15, 0.2) is 235 Å². The third kappa shape index (κ3) is 5.18. The highest BCUT2D eigenvalue weighted by molar-refractivity contribution is 8.00. The quantitative estimate of drug-likeness (QED) is 0.181. The summed E-state index contributed by atoms with van der Waals surface area (Å²) in [6.45, 7) is 0. The van der Waals surface area contributed by atoms with Crippen LogP contribution >= 0.6 is 11.8 Å². The van der Waals surface area contributed by atoms with Gasteiger partial charge in [0.1, 0.15) is 0 Å². The van der Waals surface area contributed by atoms with Crippen LogP contribution in [-0.4, -0.2) is 5.25 Å². The van der Waals surface area contributed by atoms with Crippen molar-refractivity contribution in [3.63, 3.8) is 0 Å². The summed E-state index contributed by atoms with van der Waals surface area (Å²) in [6.07, 6.45) is 18.2. The highest BCUT2D eigenvalue weighted by atomic mass is 32.2. The number of hydrogen-bond donors (Lipinski definition) is 1. The second-order valence-corrected chi connectivity index (χ2v) is 16.8. The Bertz CT molecular complexity index is 2750. The van der Waals surface area contributed by atoms with Gasteiger partial charge in [-0.2, -0.15) is 0 Å². The lowest BCUT2D eigenvalue weighted by Crippen LogP contribution is -2.44. The first kappa shape index (κ1) is 34.6. The second kappa shape index (κ2) is 14.1. The van der Waals surface area contributed by atoms with Crippen molar-refractivity contribution in [2.45, 2.75) is 26.9 Å². The molecular formula is C56H41NS. The van der Waals surface area contributed by atoms with E-state index < -0.39 is 10.8 Å². The summed E-state index contributed by atoms with van der Waals surface area (Å²) in [5, 5.41) is 3.95. The Morgan fingerprint density at radius 3 is 1.72 bits per heavy atom. The molecule has 7 aromatic carbocycles. The Morgan fingerprint density at radius 2 is 1.07 bits per heavy atom. The number of benzene rings is 7. The standard InChI is InChI=1S/C56H41NS/c1-4-19-40(20-5-1)55(41-21-6-2-7-22-41)48-29-13-15-31-50(48)56(51-32-16-14-30-49(51)55)47-28-12-10-25-43(47)44(27-18-36-57-42-23-8-3-9-24-42)52(56)37-39-34-35-46-45-26-11-17-33-53(45)58-54(46)38-39/h1-38,45,53,57H/b36-18+,44-27-,52-37+. The Hall–Kier alpha value is -6.61. The molecule has 58 heavy (non-hydrogen) atoms. The summed E-state index contributed by atoms with van der Waals surface area (Å²) in [5.74, 6) is 0.424. The van der Waals surface area contributed by atoms with Crippen molar-refractivity contribution in [2.24, 2.45) is 0 Å². The number of anilines is 1. The van der Waals surface area contributed by atoms with Crippen molar-refractivity contribution in [3.05, 3.63) is 286 Å². The molecule has 2 atom stereocenters. The molecule has 2 unspecified atom stereocenters. The van der Waals surface area contributed by atoms with E-state index in [0.29, 0.717) is 11.2 Å². The van der Waals surface area contributed by atoms with Gasteiger partial charge in [0.2, 0.25) is 0 Å². The number of hydrogen-bond acceptors (Lipinski definition) is 2. The van der Waals surface area contributed by atoms with Gasteiger partial charge in [0.05, 0.1) is 10.8 Å². The first-order valence-corrected chi connectivity index (χ1v) is 21.1. The van der Waals surface area contributed by atoms with Gasteiger partial charge in [0.15, 0.2) is 0 Å². The van der Waals surface area contributed by atoms with Crippen LogP contribution in [0.5, 0.6) is 0 Å². The van der Waals surface area contributed by atoms with Crippen molar-refractivity contribution < 1.29 is 0 Å². The number of nitrogens with one attached hydrogen (secondary N) is 1. The monoisotopic (exact) mass is 759 g/mol. The molecule has 1 aliphatic heterocycles. The van der Waals surface area contributed by atoms with E-state index in [1.165, 1.54) is 71.7 Å². The Balaban J connectivity index is 1.21. The largest absolute Gasteiger partial charge is 0.362 e. The number of allylic oxidation sites excluding steroid dienone is 7. The molecule has 3 aliphatic carbocycles. The lowest BCUT2D eigenvalue weighted by atomic mass is 9.51. The van der Waals surface area contributed by atoms with Crippen LogP contribution in [0.1, 0.15) is 61.6 Å². The van der Waals surface area contributed by atoms with Crippen molar-refractivity contribution in [3.8, 4) is 0 Å². The molecule has 0 saturated heterocycles. The number of para-hydroxylation sites is 1. The van der Waals surface area contributed by atoms with Crippen LogP contribution in [0, 0.1) is 0 Å². The molecular weight excluding hydrogens is 719 g/mol. The Kier molecular flexibility index (Phi) is 8.41. The van der Waals surface area contributed by atoms with Crippen LogP contribution in [0.2, 0.25) is 0 Å². The first-order chi connectivity index (χ1) is 28.8. The molecule has 11 rings (SSSR count). The maximum Gasteiger partial charge on any atom is 0.0720 e. The molecule has 0 bridgehead atoms. The SMILES string of the molecule is C1=CC2Sc3cc(\C=C4/C(=C\C=C\Nc5ccccc5)c5ccccc5C45c4ccccc4C(c4ccccc4)(c4ccccc4)c4ccccc45)ccc3C2C=C1. The van der Waals surface area contributed by atoms with Crippen LogP contribution in [0.25, 0.3) is 11.6 Å². The number of thioether (sulfide) groups is 1. The summed E-state index contributed by atoms with van der Waals surface area (Å²) in [6, 6.07) is 67.5. The lowest BCUT2D eigenvalue weighted by molar-refractivity contribution is 0.625. The zero-order valence-electron chi connectivity index (χ0n) is 32.0. The van der Waals surface area contributed by atoms with Crippen molar-refractivity contribution in [2.75, 3.05) is 5.32 Å². The summed E-state index contributed by atoms with van der Waals surface area (Å²) in [5.41, 5.74) is 15.4. The van der Waals surface area contributed by atoms with Gasteiger partial charge < -0.3 is 5.32 Å². The van der Waals surface area contributed by atoms with Crippen LogP contribution in [0.4, 0.5) is 5.69 Å². The molecule has 2 heteroatoms. The normalized spacial score (nSPS) is 20.1. The maximum atomic E-state index is 3.50. The summed E-state index contributed by atoms with van der Waals surface area (Å²) >= 11 is 1.99. The van der Waals surface area contributed by atoms with Crippen molar-refractivity contribution >= 4 is 29.1 Å². The van der Waals surface area contributed by atoms with E-state index in [2.05, 4.69) is 230 Å². The molecule has 0 fully saturated rings. The van der Waals surface area contributed by atoms with Gasteiger partial charge in [-0.3, -0.25) is 0 Å². The van der Waals surface area contributed by atoms with Crippen LogP contribution in [0.3, 0.4) is 0 Å². The fraction of sp³-hybridized carbons (Fsp3) is 0.0714. The van der Waals surface area contributed by atoms with E-state index >= 15 is 0 Å². The van der Waals surface area contributed by atoms with Gasteiger partial charge in [0.25, 0.3) is 0 Å². The van der Waals surface area contributed by atoms with Crippen LogP contribution < -0.4 is 5.32 Å². The molecule has 0 amide bonds. The highest BCUT2D eigenvalue weighted by Gasteiger charge is 2.57. The lowest BCUT2D eigenvalue weighted by Gasteiger charge is -2.50. The molecule has 1 heterocycles. The van der Waals surface area contributed by atoms with Crippen LogP contribution in [-0.2, 0) is 10.8 Å². The van der Waals surface area contributed by atoms with E-state index in [0.717, 1.165) is 5.69 Å². The second-order valence-electron chi connectivity index (χ2n) is 15.6. The van der Waals surface area contributed by atoms with Gasteiger partial charge in [-0.05, 0) is 97.1 Å². The van der Waals surface area contributed by atoms with E-state index in [9.17, 15) is 0 Å². The molecule has 1 spiro atoms. The molecule has 7 aromatic rings. The fourth-order valence-corrected chi connectivity index (χ4v) is 11.7. The minimum absolute atomic E-state index is 0.424. The average Bonchev–Trinajstić information content (AvgIpc) is 3.79. The third-order valence-corrected chi connectivity index (χ3v) is 14.0. The minimum atomic E-state index is -0.602. The van der Waals surface area contributed by atoms with Crippen molar-refractivity contribution in [1.29, 1.82) is 0 Å². The highest BCUT2D eigenvalue weighted by Crippen LogP contribution is 2.65. The topological polar surface area (TPSA) is 12.0 Å². The van der Waals surface area contributed by atoms with Gasteiger partial charge >= 0.3 is 0 Å². The molecule has 0 saturated carbocycles. The summed E-state index contributed by atoms with van der Waals surface area (Å²) in [7, 11) is 0. The van der Waals surface area contributed by atoms with Gasteiger partial charge in [-0.1, -0.05) is 194 Å². The average molecular weight is 760 g/mol. The van der Waals surface area contributed by atoms with E-state index in [-0.39, 0.29) is 0 Å². The number of rotatable bonds is 6. The zero-order chi connectivity index (χ0) is 38.5. The first-order valence-electron chi connectivity index (χ1n) is 20.3.